The molecule has 0 aliphatic rings. The van der Waals surface area contributed by atoms with Gasteiger partial charge in [-0.15, -0.1) is 0 Å². The van der Waals surface area contributed by atoms with Crippen LogP contribution in [0.4, 0.5) is 0 Å². The molecule has 0 aliphatic carbocycles. The predicted octanol–water partition coefficient (Wildman–Crippen LogP) is -0.352. The molecule has 2 aromatic carbocycles. The molecule has 17 N–H and O–H groups in total. The Labute approximate surface area is 399 Å². The van der Waals surface area contributed by atoms with Crippen LogP contribution in [0.5, 0.6) is 0 Å². The lowest BCUT2D eigenvalue weighted by atomic mass is 9.94. The number of carboxylic acids is 1. The van der Waals surface area contributed by atoms with Crippen molar-refractivity contribution in [3.63, 3.8) is 0 Å². The fourth-order valence-corrected chi connectivity index (χ4v) is 7.02. The number of nitrogens with two attached hydrogens (primary N) is 5. The Morgan fingerprint density at radius 3 is 1.31 bits per heavy atom. The number of guanidine groups is 2. The van der Waals surface area contributed by atoms with Crippen molar-refractivity contribution in [2.24, 2.45) is 56.4 Å². The van der Waals surface area contributed by atoms with Gasteiger partial charge in [0, 0.05) is 25.9 Å². The summed E-state index contributed by atoms with van der Waals surface area (Å²) in [4.78, 5) is 104. The number of hydrogen-bond acceptors (Lipinski definition) is 10. The van der Waals surface area contributed by atoms with Gasteiger partial charge >= 0.3 is 5.97 Å². The van der Waals surface area contributed by atoms with E-state index in [1.807, 2.05) is 19.9 Å². The number of aliphatic imine (C=N–C) groups is 2. The van der Waals surface area contributed by atoms with E-state index in [0.717, 1.165) is 5.56 Å². The molecule has 0 spiro atoms. The molecule has 9 atom stereocenters. The molecule has 0 fully saturated rings. The number of rotatable bonds is 30. The first-order valence-electron chi connectivity index (χ1n) is 23.2. The van der Waals surface area contributed by atoms with E-state index in [1.165, 1.54) is 0 Å². The number of nitrogens with zero attached hydrogens (tertiary/aromatic N) is 2. The Morgan fingerprint density at radius 1 is 0.515 bits per heavy atom. The Kier molecular flexibility index (Phi) is 25.1. The summed E-state index contributed by atoms with van der Waals surface area (Å²) in [5.41, 5.74) is 29.1. The lowest BCUT2D eigenvalue weighted by molar-refractivity contribution is -0.142. The van der Waals surface area contributed by atoms with E-state index in [1.54, 1.807) is 82.3 Å². The molecular weight excluding hydrogens is 875 g/mol. The fourth-order valence-electron chi connectivity index (χ4n) is 7.02. The third-order valence-corrected chi connectivity index (χ3v) is 11.5. The van der Waals surface area contributed by atoms with Crippen LogP contribution in [0.2, 0.25) is 0 Å². The molecule has 2 rings (SSSR count). The number of hydrogen-bond donors (Lipinski definition) is 12. The van der Waals surface area contributed by atoms with Crippen molar-refractivity contribution >= 4 is 53.3 Å². The summed E-state index contributed by atoms with van der Waals surface area (Å²) in [5.74, 6) is -7.01. The Hall–Kier alpha value is -6.77. The lowest BCUT2D eigenvalue weighted by Crippen LogP contribution is -2.62. The molecule has 0 heterocycles. The summed E-state index contributed by atoms with van der Waals surface area (Å²) in [6.07, 6.45) is 1.85. The van der Waals surface area contributed by atoms with Crippen LogP contribution >= 0.6 is 0 Å². The van der Waals surface area contributed by atoms with Gasteiger partial charge in [-0.25, -0.2) is 4.79 Å². The SMILES string of the molecule is CC[C@H](C)[C@H](NC(=O)[C@H](Cc1ccccc1)NC(=O)[C@@H](N)CCCN=C(N)N)C(=O)N[C@H](C(=O)N[C@H](C(=O)N[C@@H](Cc1ccccc1)C(=O)N[C@@H](CCCN=C(N)N)C(=O)O)[C@@H](C)CC)C(C)C. The van der Waals surface area contributed by atoms with E-state index >= 15 is 0 Å². The highest BCUT2D eigenvalue weighted by Crippen LogP contribution is 2.15. The summed E-state index contributed by atoms with van der Waals surface area (Å²) < 4.78 is 0. The summed E-state index contributed by atoms with van der Waals surface area (Å²) in [6, 6.07) is 9.58. The number of carbonyl (C=O) groups is 7. The smallest absolute Gasteiger partial charge is 0.326 e. The Bertz CT molecular complexity index is 2000. The van der Waals surface area contributed by atoms with Crippen molar-refractivity contribution < 1.29 is 38.7 Å². The third-order valence-electron chi connectivity index (χ3n) is 11.5. The summed E-state index contributed by atoms with van der Waals surface area (Å²) >= 11 is 0. The van der Waals surface area contributed by atoms with Crippen molar-refractivity contribution in [2.45, 2.75) is 135 Å². The first kappa shape index (κ1) is 57.4. The zero-order valence-electron chi connectivity index (χ0n) is 40.2. The molecule has 376 valence electrons. The molecule has 0 aliphatic heterocycles. The number of nitrogens with one attached hydrogen (secondary N) is 6. The maximum atomic E-state index is 14.2. The topological polar surface area (TPSA) is 367 Å². The molecule has 0 unspecified atom stereocenters. The number of benzene rings is 2. The van der Waals surface area contributed by atoms with Gasteiger partial charge in [0.2, 0.25) is 35.4 Å². The van der Waals surface area contributed by atoms with E-state index in [9.17, 15) is 38.7 Å². The molecule has 0 saturated carbocycles. The monoisotopic (exact) mass is 950 g/mol. The van der Waals surface area contributed by atoms with Crippen molar-refractivity contribution in [2.75, 3.05) is 13.1 Å². The first-order valence-corrected chi connectivity index (χ1v) is 23.2. The highest BCUT2D eigenvalue weighted by molar-refractivity contribution is 5.97. The van der Waals surface area contributed by atoms with Crippen LogP contribution < -0.4 is 60.6 Å². The van der Waals surface area contributed by atoms with E-state index in [2.05, 4.69) is 41.9 Å². The van der Waals surface area contributed by atoms with Gasteiger partial charge in [-0.1, -0.05) is 115 Å². The van der Waals surface area contributed by atoms with E-state index in [0.29, 0.717) is 24.8 Å². The van der Waals surface area contributed by atoms with Crippen LogP contribution in [0.1, 0.15) is 91.2 Å². The Balaban J connectivity index is 2.36. The average Bonchev–Trinajstić information content (AvgIpc) is 3.30. The minimum atomic E-state index is -1.32. The summed E-state index contributed by atoms with van der Waals surface area (Å²) in [7, 11) is 0. The van der Waals surface area contributed by atoms with Gasteiger partial charge in [0.05, 0.1) is 6.04 Å². The molecule has 0 bridgehead atoms. The lowest BCUT2D eigenvalue weighted by Gasteiger charge is -2.31. The van der Waals surface area contributed by atoms with Crippen molar-refractivity contribution in [1.82, 2.24) is 31.9 Å². The Morgan fingerprint density at radius 2 is 0.882 bits per heavy atom. The van der Waals surface area contributed by atoms with Gasteiger partial charge in [-0.05, 0) is 54.6 Å². The molecule has 0 aromatic heterocycles. The normalized spacial score (nSPS) is 15.0. The zero-order chi connectivity index (χ0) is 50.9. The molecule has 0 radical (unpaired) electrons. The van der Waals surface area contributed by atoms with Crippen molar-refractivity contribution in [3.05, 3.63) is 71.8 Å². The average molecular weight is 950 g/mol. The second-order valence-corrected chi connectivity index (χ2v) is 17.4. The molecule has 0 saturated heterocycles. The fraction of sp³-hybridized carbons (Fsp3) is 0.553. The molecule has 2 aromatic rings. The molecule has 21 heteroatoms. The first-order chi connectivity index (χ1) is 32.2. The summed E-state index contributed by atoms with van der Waals surface area (Å²) in [6.45, 7) is 11.0. The molecule has 21 nitrogen and oxygen atoms in total. The quantitative estimate of drug-likeness (QED) is 0.0271. The number of carbonyl (C=O) groups excluding carboxylic acids is 6. The van der Waals surface area contributed by atoms with E-state index in [-0.39, 0.29) is 57.1 Å². The van der Waals surface area contributed by atoms with Gasteiger partial charge in [-0.2, -0.15) is 0 Å². The highest BCUT2D eigenvalue weighted by Gasteiger charge is 2.37. The van der Waals surface area contributed by atoms with Crippen LogP contribution in [0.15, 0.2) is 70.6 Å². The molecule has 6 amide bonds. The minimum Gasteiger partial charge on any atom is -0.480 e. The van der Waals surface area contributed by atoms with Crippen LogP contribution in [0, 0.1) is 17.8 Å². The number of carboxylic acid groups (broad SMARTS) is 1. The maximum Gasteiger partial charge on any atom is 0.326 e. The predicted molar refractivity (Wildman–Crippen MR) is 261 cm³/mol. The van der Waals surface area contributed by atoms with E-state index in [4.69, 9.17) is 28.7 Å². The maximum absolute atomic E-state index is 14.2. The number of aliphatic carboxylic acids is 1. The van der Waals surface area contributed by atoms with Gasteiger partial charge in [-0.3, -0.25) is 38.8 Å². The van der Waals surface area contributed by atoms with Crippen molar-refractivity contribution in [1.29, 1.82) is 0 Å². The number of amides is 6. The molecular formula is C47H75N13O8. The highest BCUT2D eigenvalue weighted by atomic mass is 16.4. The van der Waals surface area contributed by atoms with E-state index < -0.39 is 101 Å². The largest absolute Gasteiger partial charge is 0.480 e. The van der Waals surface area contributed by atoms with Crippen molar-refractivity contribution in [3.8, 4) is 0 Å². The van der Waals surface area contributed by atoms with Gasteiger partial charge < -0.3 is 65.7 Å². The third kappa shape index (κ3) is 20.4. The van der Waals surface area contributed by atoms with Crippen LogP contribution in [-0.2, 0) is 46.4 Å². The summed E-state index contributed by atoms with van der Waals surface area (Å²) in [5, 5.41) is 26.3. The zero-order valence-corrected chi connectivity index (χ0v) is 40.2. The van der Waals surface area contributed by atoms with Gasteiger partial charge in [0.1, 0.15) is 36.3 Å². The molecule has 68 heavy (non-hydrogen) atoms. The standard InChI is InChI=1S/C47H75N13O8/c1-7-28(5)37(43(65)57-34(25-30-17-11-9-12-18-30)40(62)55-33(45(67)68)22-16-24-54-47(51)52)60-42(64)36(27(3)4)58-44(66)38(29(6)8-2)59-41(63)35(26-31-19-13-10-14-20-31)56-39(61)32(48)21-15-23-53-46(49)50/h9-14,17-20,27-29,32-38H,7-8,15-16,21-26,48H2,1-6H3,(H,55,62)(H,56,61)(H,57,65)(H,58,66)(H,59,63)(H,60,64)(H,67,68)(H4,49,50,53)(H4,51,52,54)/t28-,29-,32-,33-,34-,35-,36-,37-,38-/m0/s1. The minimum absolute atomic E-state index is 0.00246. The van der Waals surface area contributed by atoms with Gasteiger partial charge in [0.15, 0.2) is 11.9 Å². The van der Waals surface area contributed by atoms with Crippen LogP contribution in [0.3, 0.4) is 0 Å². The second kappa shape index (κ2) is 29.8. The van der Waals surface area contributed by atoms with Crippen LogP contribution in [0.25, 0.3) is 0 Å². The van der Waals surface area contributed by atoms with Crippen LogP contribution in [-0.4, -0.2) is 114 Å². The second-order valence-electron chi connectivity index (χ2n) is 17.4. The van der Waals surface area contributed by atoms with Gasteiger partial charge in [0.25, 0.3) is 0 Å².